The molecule has 1 aliphatic heterocycles. The van der Waals surface area contributed by atoms with E-state index in [0.717, 1.165) is 34.5 Å². The van der Waals surface area contributed by atoms with Gasteiger partial charge in [-0.2, -0.15) is 0 Å². The maximum Gasteiger partial charge on any atom is 0.251 e. The summed E-state index contributed by atoms with van der Waals surface area (Å²) < 4.78 is 2.11. The van der Waals surface area contributed by atoms with Crippen molar-refractivity contribution in [2.45, 2.75) is 26.8 Å². The summed E-state index contributed by atoms with van der Waals surface area (Å²) in [6.07, 6.45) is 0.788. The Hall–Kier alpha value is -3.15. The standard InChI is InChI=1S/C21H22N4O2/c1-14-23-18-5-3-4-6-20(18)24(14)12-10-22-21(27)17-7-8-19-16(13-17)9-11-25(19)15(2)26/h3-8,13H,9-12H2,1-2H3,(H,22,27). The Balaban J connectivity index is 1.43. The van der Waals surface area contributed by atoms with E-state index in [1.54, 1.807) is 17.9 Å². The molecule has 2 amide bonds. The SMILES string of the molecule is CC(=O)N1CCc2cc(C(=O)NCCn3c(C)nc4ccccc43)ccc21. The fourth-order valence-corrected chi connectivity index (χ4v) is 3.73. The van der Waals surface area contributed by atoms with Crippen LogP contribution < -0.4 is 10.2 Å². The first-order chi connectivity index (χ1) is 13.0. The van der Waals surface area contributed by atoms with E-state index in [1.165, 1.54) is 0 Å². The van der Waals surface area contributed by atoms with Crippen molar-refractivity contribution in [1.82, 2.24) is 14.9 Å². The molecule has 2 aromatic carbocycles. The normalized spacial score (nSPS) is 13.0. The minimum atomic E-state index is -0.0962. The number of imidazole rings is 1. The molecule has 0 atom stereocenters. The number of nitrogens with zero attached hydrogens (tertiary/aromatic N) is 3. The number of benzene rings is 2. The molecule has 0 saturated heterocycles. The van der Waals surface area contributed by atoms with E-state index in [0.29, 0.717) is 25.2 Å². The monoisotopic (exact) mass is 362 g/mol. The van der Waals surface area contributed by atoms with Crippen molar-refractivity contribution in [3.63, 3.8) is 0 Å². The number of amides is 2. The van der Waals surface area contributed by atoms with Gasteiger partial charge in [0.05, 0.1) is 11.0 Å². The van der Waals surface area contributed by atoms with E-state index in [2.05, 4.69) is 14.9 Å². The minimum Gasteiger partial charge on any atom is -0.350 e. The maximum absolute atomic E-state index is 12.5. The summed E-state index contributed by atoms with van der Waals surface area (Å²) in [7, 11) is 0. The van der Waals surface area contributed by atoms with E-state index in [4.69, 9.17) is 0 Å². The second-order valence-corrected chi connectivity index (χ2v) is 6.82. The van der Waals surface area contributed by atoms with Gasteiger partial charge in [0, 0.05) is 37.8 Å². The fraction of sp³-hybridized carbons (Fsp3) is 0.286. The van der Waals surface area contributed by atoms with Crippen LogP contribution in [0.15, 0.2) is 42.5 Å². The molecular formula is C21H22N4O2. The molecule has 1 aliphatic rings. The number of carbonyl (C=O) groups is 2. The van der Waals surface area contributed by atoms with Crippen molar-refractivity contribution in [2.75, 3.05) is 18.0 Å². The second-order valence-electron chi connectivity index (χ2n) is 6.82. The van der Waals surface area contributed by atoms with Crippen LogP contribution in [0.3, 0.4) is 0 Å². The molecule has 0 spiro atoms. The first-order valence-corrected chi connectivity index (χ1v) is 9.15. The minimum absolute atomic E-state index is 0.0360. The lowest BCUT2D eigenvalue weighted by Gasteiger charge is -2.15. The van der Waals surface area contributed by atoms with Gasteiger partial charge in [-0.05, 0) is 49.2 Å². The van der Waals surface area contributed by atoms with E-state index in [1.807, 2.05) is 43.3 Å². The Morgan fingerprint density at radius 2 is 2.00 bits per heavy atom. The zero-order chi connectivity index (χ0) is 19.0. The number of aromatic nitrogens is 2. The van der Waals surface area contributed by atoms with Gasteiger partial charge in [0.25, 0.3) is 5.91 Å². The Kier molecular flexibility index (Phi) is 4.39. The highest BCUT2D eigenvalue weighted by atomic mass is 16.2. The number of para-hydroxylation sites is 2. The van der Waals surface area contributed by atoms with Gasteiger partial charge in [0.2, 0.25) is 5.91 Å². The first-order valence-electron chi connectivity index (χ1n) is 9.15. The van der Waals surface area contributed by atoms with E-state index in [9.17, 15) is 9.59 Å². The molecule has 1 N–H and O–H groups in total. The summed E-state index contributed by atoms with van der Waals surface area (Å²) in [5.74, 6) is 0.877. The topological polar surface area (TPSA) is 67.2 Å². The van der Waals surface area contributed by atoms with Gasteiger partial charge in [-0.3, -0.25) is 9.59 Å². The zero-order valence-electron chi connectivity index (χ0n) is 15.5. The number of hydrogen-bond donors (Lipinski definition) is 1. The van der Waals surface area contributed by atoms with Gasteiger partial charge in [-0.1, -0.05) is 12.1 Å². The van der Waals surface area contributed by atoms with Crippen LogP contribution in [0.4, 0.5) is 5.69 Å². The van der Waals surface area contributed by atoms with Gasteiger partial charge >= 0.3 is 0 Å². The molecule has 0 radical (unpaired) electrons. The molecule has 2 heterocycles. The van der Waals surface area contributed by atoms with Gasteiger partial charge in [0.15, 0.2) is 0 Å². The van der Waals surface area contributed by atoms with E-state index >= 15 is 0 Å². The maximum atomic E-state index is 12.5. The average Bonchev–Trinajstić information content (AvgIpc) is 3.22. The van der Waals surface area contributed by atoms with Gasteiger partial charge < -0.3 is 14.8 Å². The van der Waals surface area contributed by atoms with Crippen LogP contribution in [0.1, 0.15) is 28.7 Å². The predicted molar refractivity (Wildman–Crippen MR) is 105 cm³/mol. The summed E-state index contributed by atoms with van der Waals surface area (Å²) in [5, 5.41) is 2.99. The summed E-state index contributed by atoms with van der Waals surface area (Å²) >= 11 is 0. The van der Waals surface area contributed by atoms with E-state index < -0.39 is 0 Å². The number of nitrogens with one attached hydrogen (secondary N) is 1. The van der Waals surface area contributed by atoms with Gasteiger partial charge in [-0.25, -0.2) is 4.98 Å². The van der Waals surface area contributed by atoms with Crippen molar-refractivity contribution in [3.8, 4) is 0 Å². The lowest BCUT2D eigenvalue weighted by Crippen LogP contribution is -2.27. The van der Waals surface area contributed by atoms with Gasteiger partial charge in [0.1, 0.15) is 5.82 Å². The number of fused-ring (bicyclic) bond motifs is 2. The molecule has 138 valence electrons. The molecule has 0 fully saturated rings. The Labute approximate surface area is 157 Å². The smallest absolute Gasteiger partial charge is 0.251 e. The molecule has 1 aromatic heterocycles. The van der Waals surface area contributed by atoms with Crippen LogP contribution >= 0.6 is 0 Å². The second kappa shape index (κ2) is 6.87. The van der Waals surface area contributed by atoms with Crippen LogP contribution in [0.2, 0.25) is 0 Å². The van der Waals surface area contributed by atoms with Crippen LogP contribution in [-0.2, 0) is 17.8 Å². The fourth-order valence-electron chi connectivity index (χ4n) is 3.73. The highest BCUT2D eigenvalue weighted by Crippen LogP contribution is 2.28. The first kappa shape index (κ1) is 17.3. The third-order valence-electron chi connectivity index (χ3n) is 5.08. The lowest BCUT2D eigenvalue weighted by atomic mass is 10.1. The highest BCUT2D eigenvalue weighted by Gasteiger charge is 2.23. The summed E-state index contributed by atoms with van der Waals surface area (Å²) in [5.41, 5.74) is 4.64. The van der Waals surface area contributed by atoms with Crippen molar-refractivity contribution in [1.29, 1.82) is 0 Å². The Morgan fingerprint density at radius 1 is 1.19 bits per heavy atom. The number of rotatable bonds is 4. The largest absolute Gasteiger partial charge is 0.350 e. The molecule has 0 saturated carbocycles. The molecule has 27 heavy (non-hydrogen) atoms. The van der Waals surface area contributed by atoms with Crippen LogP contribution in [0, 0.1) is 6.92 Å². The highest BCUT2D eigenvalue weighted by molar-refractivity contribution is 5.97. The predicted octanol–water partition coefficient (Wildman–Crippen LogP) is 2.68. The molecular weight excluding hydrogens is 340 g/mol. The summed E-state index contributed by atoms with van der Waals surface area (Å²) in [4.78, 5) is 30.5. The number of aryl methyl sites for hydroxylation is 1. The van der Waals surface area contributed by atoms with Crippen LogP contribution in [0.25, 0.3) is 11.0 Å². The number of carbonyl (C=O) groups excluding carboxylic acids is 2. The lowest BCUT2D eigenvalue weighted by molar-refractivity contribution is -0.116. The molecule has 0 aliphatic carbocycles. The van der Waals surface area contributed by atoms with Crippen LogP contribution in [0.5, 0.6) is 0 Å². The molecule has 3 aromatic rings. The summed E-state index contributed by atoms with van der Waals surface area (Å²) in [6.45, 7) is 5.42. The summed E-state index contributed by atoms with van der Waals surface area (Å²) in [6, 6.07) is 13.5. The quantitative estimate of drug-likeness (QED) is 0.776. The zero-order valence-corrected chi connectivity index (χ0v) is 15.5. The van der Waals surface area contributed by atoms with E-state index in [-0.39, 0.29) is 11.8 Å². The molecule has 6 heteroatoms. The van der Waals surface area contributed by atoms with Crippen molar-refractivity contribution >= 4 is 28.5 Å². The van der Waals surface area contributed by atoms with Crippen molar-refractivity contribution in [3.05, 3.63) is 59.4 Å². The third kappa shape index (κ3) is 3.18. The third-order valence-corrected chi connectivity index (χ3v) is 5.08. The van der Waals surface area contributed by atoms with Crippen molar-refractivity contribution in [2.24, 2.45) is 0 Å². The molecule has 4 rings (SSSR count). The van der Waals surface area contributed by atoms with Crippen molar-refractivity contribution < 1.29 is 9.59 Å². The molecule has 0 unspecified atom stereocenters. The van der Waals surface area contributed by atoms with Crippen LogP contribution in [-0.4, -0.2) is 34.5 Å². The molecule has 0 bridgehead atoms. The van der Waals surface area contributed by atoms with Gasteiger partial charge in [-0.15, -0.1) is 0 Å². The average molecular weight is 362 g/mol. The number of hydrogen-bond acceptors (Lipinski definition) is 3. The Morgan fingerprint density at radius 3 is 2.81 bits per heavy atom. The number of anilines is 1. The molecule has 6 nitrogen and oxygen atoms in total. The Bertz CT molecular complexity index is 1040.